The number of fused-ring (bicyclic) bond motifs is 1. The summed E-state index contributed by atoms with van der Waals surface area (Å²) in [6.45, 7) is 13.3. The number of ether oxygens (including phenoxy) is 1. The topological polar surface area (TPSA) is 85.2 Å². The summed E-state index contributed by atoms with van der Waals surface area (Å²) in [5.41, 5.74) is 1.75. The van der Waals surface area contributed by atoms with E-state index in [4.69, 9.17) is 4.74 Å². The predicted octanol–water partition coefficient (Wildman–Crippen LogP) is 3.47. The van der Waals surface area contributed by atoms with Gasteiger partial charge in [-0.05, 0) is 48.4 Å². The number of anilines is 1. The van der Waals surface area contributed by atoms with Gasteiger partial charge in [0.1, 0.15) is 27.3 Å². The third kappa shape index (κ3) is 5.88. The molecule has 0 spiro atoms. The van der Waals surface area contributed by atoms with Crippen molar-refractivity contribution >= 4 is 53.4 Å². The van der Waals surface area contributed by atoms with E-state index in [1.54, 1.807) is 6.92 Å². The minimum absolute atomic E-state index is 0.145. The fourth-order valence-corrected chi connectivity index (χ4v) is 4.81. The van der Waals surface area contributed by atoms with Crippen LogP contribution in [0.3, 0.4) is 0 Å². The summed E-state index contributed by atoms with van der Waals surface area (Å²) in [4.78, 5) is 22.8. The SMILES string of the molecule is CC(=O)N1CCC(Nc2nc(C)nc3c(I)nn(COCC[Si](C)(C)C)c23)CC1. The number of amides is 1. The molecular weight excluding hydrogens is 499 g/mol. The Labute approximate surface area is 186 Å². The Morgan fingerprint density at radius 1 is 1.28 bits per heavy atom. The monoisotopic (exact) mass is 530 g/mol. The largest absolute Gasteiger partial charge is 0.365 e. The number of carbonyl (C=O) groups is 1. The molecule has 0 bridgehead atoms. The van der Waals surface area contributed by atoms with Gasteiger partial charge in [0.25, 0.3) is 0 Å². The third-order valence-electron chi connectivity index (χ3n) is 5.15. The van der Waals surface area contributed by atoms with Gasteiger partial charge in [-0.1, -0.05) is 19.6 Å². The quantitative estimate of drug-likeness (QED) is 0.335. The van der Waals surface area contributed by atoms with Crippen molar-refractivity contribution < 1.29 is 9.53 Å². The van der Waals surface area contributed by atoms with E-state index in [-0.39, 0.29) is 11.9 Å². The van der Waals surface area contributed by atoms with Gasteiger partial charge in [-0.15, -0.1) is 0 Å². The van der Waals surface area contributed by atoms with Crippen LogP contribution in [-0.2, 0) is 16.3 Å². The Hall–Kier alpha value is -1.27. The maximum Gasteiger partial charge on any atom is 0.219 e. The molecule has 8 nitrogen and oxygen atoms in total. The minimum Gasteiger partial charge on any atom is -0.365 e. The van der Waals surface area contributed by atoms with Gasteiger partial charge in [-0.3, -0.25) is 4.79 Å². The van der Waals surface area contributed by atoms with Crippen LogP contribution in [0, 0.1) is 10.6 Å². The van der Waals surface area contributed by atoms with E-state index in [2.05, 4.69) is 62.6 Å². The summed E-state index contributed by atoms with van der Waals surface area (Å²) in [7, 11) is -1.13. The number of rotatable bonds is 7. The fourth-order valence-electron chi connectivity index (χ4n) is 3.41. The average Bonchev–Trinajstić information content (AvgIpc) is 2.94. The highest BCUT2D eigenvalue weighted by molar-refractivity contribution is 14.1. The number of nitrogens with one attached hydrogen (secondary N) is 1. The van der Waals surface area contributed by atoms with E-state index < -0.39 is 8.07 Å². The first kappa shape index (κ1) is 22.4. The van der Waals surface area contributed by atoms with E-state index >= 15 is 0 Å². The molecule has 10 heteroatoms. The highest BCUT2D eigenvalue weighted by Gasteiger charge is 2.23. The van der Waals surface area contributed by atoms with Gasteiger partial charge in [0.2, 0.25) is 5.91 Å². The lowest BCUT2D eigenvalue weighted by Crippen LogP contribution is -2.41. The zero-order valence-electron chi connectivity index (χ0n) is 18.0. The molecule has 0 atom stereocenters. The lowest BCUT2D eigenvalue weighted by molar-refractivity contribution is -0.129. The van der Waals surface area contributed by atoms with Crippen LogP contribution >= 0.6 is 22.6 Å². The first-order valence-corrected chi connectivity index (χ1v) is 14.9. The zero-order chi connectivity index (χ0) is 21.2. The molecule has 160 valence electrons. The Bertz CT molecular complexity index is 874. The van der Waals surface area contributed by atoms with Crippen LogP contribution in [0.1, 0.15) is 25.6 Å². The molecule has 0 saturated carbocycles. The average molecular weight is 530 g/mol. The number of hydrogen-bond acceptors (Lipinski definition) is 6. The first-order valence-electron chi connectivity index (χ1n) is 10.1. The Morgan fingerprint density at radius 2 is 1.97 bits per heavy atom. The number of aryl methyl sites for hydroxylation is 1. The van der Waals surface area contributed by atoms with Crippen LogP contribution in [-0.4, -0.2) is 64.4 Å². The molecule has 1 fully saturated rings. The van der Waals surface area contributed by atoms with Gasteiger partial charge in [0, 0.05) is 40.7 Å². The molecular formula is C19H31IN6O2Si. The third-order valence-corrected chi connectivity index (χ3v) is 7.58. The number of aromatic nitrogens is 4. The molecule has 1 saturated heterocycles. The van der Waals surface area contributed by atoms with Gasteiger partial charge >= 0.3 is 0 Å². The number of carbonyl (C=O) groups excluding carboxylic acids is 1. The smallest absolute Gasteiger partial charge is 0.219 e. The molecule has 0 unspecified atom stereocenters. The molecule has 0 aliphatic carbocycles. The highest BCUT2D eigenvalue weighted by Crippen LogP contribution is 2.27. The van der Waals surface area contributed by atoms with Crippen LogP contribution in [0.5, 0.6) is 0 Å². The van der Waals surface area contributed by atoms with Crippen molar-refractivity contribution in [3.63, 3.8) is 0 Å². The number of halogens is 1. The molecule has 3 heterocycles. The summed E-state index contributed by atoms with van der Waals surface area (Å²) < 4.78 is 8.66. The molecule has 0 aromatic carbocycles. The Morgan fingerprint density at radius 3 is 2.59 bits per heavy atom. The lowest BCUT2D eigenvalue weighted by atomic mass is 10.1. The van der Waals surface area contributed by atoms with E-state index in [1.807, 2.05) is 16.5 Å². The number of hydrogen-bond donors (Lipinski definition) is 1. The van der Waals surface area contributed by atoms with E-state index in [0.29, 0.717) is 6.73 Å². The zero-order valence-corrected chi connectivity index (χ0v) is 21.1. The van der Waals surface area contributed by atoms with E-state index in [1.165, 1.54) is 0 Å². The van der Waals surface area contributed by atoms with Gasteiger partial charge in [0.05, 0.1) is 0 Å². The molecule has 3 rings (SSSR count). The molecule has 1 aliphatic rings. The molecule has 1 aliphatic heterocycles. The molecule has 2 aromatic rings. The number of piperidine rings is 1. The standard InChI is InChI=1S/C19H31IN6O2Si/c1-13-21-16-17(26(24-18(16)20)12-28-10-11-29(3,4)5)19(22-13)23-15-6-8-25(9-7-15)14(2)27/h15H,6-12H2,1-5H3,(H,21,22,23). The Balaban J connectivity index is 1.77. The van der Waals surface area contributed by atoms with Crippen LogP contribution in [0.2, 0.25) is 25.7 Å². The van der Waals surface area contributed by atoms with Crippen LogP contribution in [0.4, 0.5) is 5.82 Å². The van der Waals surface area contributed by atoms with Crippen molar-refractivity contribution in [2.45, 2.75) is 65.1 Å². The summed E-state index contributed by atoms with van der Waals surface area (Å²) in [5.74, 6) is 1.67. The second kappa shape index (κ2) is 9.25. The normalized spacial score (nSPS) is 15.9. The van der Waals surface area contributed by atoms with Crippen molar-refractivity contribution in [3.05, 3.63) is 9.53 Å². The van der Waals surface area contributed by atoms with Gasteiger partial charge in [0.15, 0.2) is 5.82 Å². The maximum absolute atomic E-state index is 11.6. The predicted molar refractivity (Wildman–Crippen MR) is 126 cm³/mol. The van der Waals surface area contributed by atoms with E-state index in [9.17, 15) is 4.79 Å². The Kier molecular flexibility index (Phi) is 7.15. The summed E-state index contributed by atoms with van der Waals surface area (Å²) in [5, 5.41) is 8.24. The fraction of sp³-hybridized carbons (Fsp3) is 0.684. The summed E-state index contributed by atoms with van der Waals surface area (Å²) in [6.07, 6.45) is 1.81. The highest BCUT2D eigenvalue weighted by atomic mass is 127. The summed E-state index contributed by atoms with van der Waals surface area (Å²) in [6, 6.07) is 1.40. The minimum atomic E-state index is -1.13. The molecule has 1 N–H and O–H groups in total. The van der Waals surface area contributed by atoms with Crippen LogP contribution < -0.4 is 5.32 Å². The maximum atomic E-state index is 11.6. The molecule has 29 heavy (non-hydrogen) atoms. The molecule has 2 aromatic heterocycles. The first-order chi connectivity index (χ1) is 13.6. The van der Waals surface area contributed by atoms with Crippen LogP contribution in [0.15, 0.2) is 0 Å². The number of likely N-dealkylation sites (tertiary alicyclic amines) is 1. The van der Waals surface area contributed by atoms with E-state index in [0.717, 1.165) is 65.0 Å². The van der Waals surface area contributed by atoms with Gasteiger partial charge in [-0.2, -0.15) is 5.10 Å². The number of nitrogens with zero attached hydrogens (tertiary/aromatic N) is 5. The van der Waals surface area contributed by atoms with Gasteiger partial charge < -0.3 is 15.0 Å². The van der Waals surface area contributed by atoms with Gasteiger partial charge in [-0.25, -0.2) is 14.6 Å². The second-order valence-corrected chi connectivity index (χ2v) is 15.5. The van der Waals surface area contributed by atoms with Crippen molar-refractivity contribution in [1.29, 1.82) is 0 Å². The second-order valence-electron chi connectivity index (χ2n) is 8.88. The van der Waals surface area contributed by atoms with Crippen molar-refractivity contribution in [2.24, 2.45) is 0 Å². The van der Waals surface area contributed by atoms with Crippen molar-refractivity contribution in [3.8, 4) is 0 Å². The summed E-state index contributed by atoms with van der Waals surface area (Å²) >= 11 is 2.22. The molecule has 1 amide bonds. The van der Waals surface area contributed by atoms with Crippen molar-refractivity contribution in [2.75, 3.05) is 25.0 Å². The van der Waals surface area contributed by atoms with Crippen molar-refractivity contribution in [1.82, 2.24) is 24.6 Å². The molecule has 0 radical (unpaired) electrons. The lowest BCUT2D eigenvalue weighted by Gasteiger charge is -2.32. The van der Waals surface area contributed by atoms with Crippen LogP contribution in [0.25, 0.3) is 11.0 Å².